The van der Waals surface area contributed by atoms with Crippen LogP contribution in [0.15, 0.2) is 50.7 Å². The third kappa shape index (κ3) is 4.87. The molecule has 1 aromatic carbocycles. The molecule has 2 aliphatic rings. The second-order valence-corrected chi connectivity index (χ2v) is 13.1. The normalized spacial score (nSPS) is 24.1. The van der Waals surface area contributed by atoms with Gasteiger partial charge in [-0.1, -0.05) is 18.2 Å². The number of aliphatic hydroxyl groups is 2. The van der Waals surface area contributed by atoms with Crippen molar-refractivity contribution in [1.29, 1.82) is 0 Å². The molecule has 3 heterocycles. The monoisotopic (exact) mass is 625 g/mol. The van der Waals surface area contributed by atoms with Crippen LogP contribution in [0.5, 0.6) is 5.75 Å². The van der Waals surface area contributed by atoms with E-state index >= 15 is 0 Å². The van der Waals surface area contributed by atoms with Crippen LogP contribution in [0, 0.1) is 18.8 Å². The van der Waals surface area contributed by atoms with E-state index in [1.54, 1.807) is 20.1 Å². The van der Waals surface area contributed by atoms with Gasteiger partial charge < -0.3 is 29.2 Å². The second-order valence-electron chi connectivity index (χ2n) is 12.1. The number of methoxy groups -OCH3 is 1. The molecule has 3 N–H and O–H groups in total. The third-order valence-electron chi connectivity index (χ3n) is 9.20. The largest absolute Gasteiger partial charge is 0.496 e. The number of fused-ring (bicyclic) bond motifs is 2. The number of benzene rings is 1. The van der Waals surface area contributed by atoms with Crippen LogP contribution in [0.3, 0.4) is 0 Å². The van der Waals surface area contributed by atoms with E-state index < -0.39 is 41.1 Å². The highest BCUT2D eigenvalue weighted by atomic mass is 32.1. The average molecular weight is 626 g/mol. The summed E-state index contributed by atoms with van der Waals surface area (Å²) in [5.41, 5.74) is -2.18. The topological polar surface area (TPSA) is 166 Å². The van der Waals surface area contributed by atoms with Crippen molar-refractivity contribution in [3.05, 3.63) is 68.7 Å². The summed E-state index contributed by atoms with van der Waals surface area (Å²) in [4.78, 5) is 45.6. The van der Waals surface area contributed by atoms with Crippen molar-refractivity contribution in [2.24, 2.45) is 11.8 Å². The Hall–Kier alpha value is -3.78. The number of aliphatic hydroxyl groups excluding tert-OH is 2. The molecule has 44 heavy (non-hydrogen) atoms. The summed E-state index contributed by atoms with van der Waals surface area (Å²) in [7, 11) is 1.54. The number of carbonyl (C=O) groups is 1. The van der Waals surface area contributed by atoms with Gasteiger partial charge in [-0.25, -0.2) is 19.1 Å². The Morgan fingerprint density at radius 2 is 1.95 bits per heavy atom. The number of oxazole rings is 1. The zero-order chi connectivity index (χ0) is 31.5. The third-order valence-corrected chi connectivity index (χ3v) is 10.5. The summed E-state index contributed by atoms with van der Waals surface area (Å²) in [5, 5.41) is 31.0. The van der Waals surface area contributed by atoms with Crippen molar-refractivity contribution in [2.75, 3.05) is 7.11 Å². The Balaban J connectivity index is 1.52. The van der Waals surface area contributed by atoms with E-state index in [4.69, 9.17) is 13.9 Å². The molecular formula is C31H35N3O9S. The standard InChI is InChI=1S/C31H35N3O9S/c1-15-23-27(37)34(31(2,3)29(38)39)30(40)33(28(23)44-25(15)26-32-9-10-42-26)14-22(18-7-5-6-8-21(18)41-4)43-17-11-16-12-20(35)24(36)19(16)13-17/h5-10,16-17,19-20,22,24,35-36H,11-14H2,1-4H3,(H,38,39)/t16?,17-,19?,20?,22?,24?/m0/s1. The predicted molar refractivity (Wildman–Crippen MR) is 161 cm³/mol. The molecule has 0 saturated heterocycles. The molecule has 5 unspecified atom stereocenters. The van der Waals surface area contributed by atoms with Crippen LogP contribution < -0.4 is 16.0 Å². The lowest BCUT2D eigenvalue weighted by Gasteiger charge is -2.28. The van der Waals surface area contributed by atoms with Crippen LogP contribution in [0.2, 0.25) is 0 Å². The predicted octanol–water partition coefficient (Wildman–Crippen LogP) is 3.29. The lowest BCUT2D eigenvalue weighted by Crippen LogP contribution is -2.52. The van der Waals surface area contributed by atoms with Crippen LogP contribution in [0.1, 0.15) is 50.3 Å². The first-order valence-electron chi connectivity index (χ1n) is 14.5. The van der Waals surface area contributed by atoms with Crippen LogP contribution >= 0.6 is 11.3 Å². The van der Waals surface area contributed by atoms with Gasteiger partial charge in [0.15, 0.2) is 0 Å². The number of aromatic nitrogens is 3. The van der Waals surface area contributed by atoms with Gasteiger partial charge in [0.2, 0.25) is 5.89 Å². The molecule has 0 spiro atoms. The molecule has 0 amide bonds. The zero-order valence-corrected chi connectivity index (χ0v) is 25.6. The first-order chi connectivity index (χ1) is 20.9. The fourth-order valence-electron chi connectivity index (χ4n) is 6.82. The minimum atomic E-state index is -1.86. The molecule has 6 rings (SSSR count). The van der Waals surface area contributed by atoms with Crippen molar-refractivity contribution in [3.63, 3.8) is 0 Å². The second kappa shape index (κ2) is 11.3. The number of hydrogen-bond acceptors (Lipinski definition) is 10. The van der Waals surface area contributed by atoms with E-state index in [9.17, 15) is 29.7 Å². The molecule has 3 aromatic heterocycles. The Kier molecular flexibility index (Phi) is 7.77. The number of ether oxygens (including phenoxy) is 2. The van der Waals surface area contributed by atoms with E-state index in [1.807, 2.05) is 18.2 Å². The number of hydrogen-bond donors (Lipinski definition) is 3. The number of thiophene rings is 1. The van der Waals surface area contributed by atoms with Gasteiger partial charge in [0.1, 0.15) is 28.5 Å². The molecule has 2 fully saturated rings. The first kappa shape index (κ1) is 30.3. The lowest BCUT2D eigenvalue weighted by molar-refractivity contribution is -0.146. The molecular weight excluding hydrogens is 590 g/mol. The van der Waals surface area contributed by atoms with Gasteiger partial charge in [-0.2, -0.15) is 0 Å². The van der Waals surface area contributed by atoms with Crippen molar-refractivity contribution >= 4 is 27.5 Å². The van der Waals surface area contributed by atoms with E-state index in [1.165, 1.54) is 42.2 Å². The van der Waals surface area contributed by atoms with Gasteiger partial charge in [0.25, 0.3) is 5.56 Å². The maximum Gasteiger partial charge on any atom is 0.333 e. The molecule has 2 saturated carbocycles. The molecule has 4 aromatic rings. The molecule has 0 bridgehead atoms. The molecule has 12 nitrogen and oxygen atoms in total. The summed E-state index contributed by atoms with van der Waals surface area (Å²) in [5.74, 6) is -0.498. The van der Waals surface area contributed by atoms with Crippen molar-refractivity contribution in [3.8, 4) is 16.5 Å². The molecule has 0 aliphatic heterocycles. The fraction of sp³-hybridized carbons (Fsp3) is 0.484. The highest BCUT2D eigenvalue weighted by molar-refractivity contribution is 7.22. The van der Waals surface area contributed by atoms with Gasteiger partial charge >= 0.3 is 11.7 Å². The number of para-hydroxylation sites is 1. The minimum Gasteiger partial charge on any atom is -0.496 e. The van der Waals surface area contributed by atoms with Crippen molar-refractivity contribution in [1.82, 2.24) is 14.1 Å². The summed E-state index contributed by atoms with van der Waals surface area (Å²) < 4.78 is 20.1. The van der Waals surface area contributed by atoms with Crippen LogP contribution in [0.4, 0.5) is 0 Å². The molecule has 2 aliphatic carbocycles. The van der Waals surface area contributed by atoms with Crippen LogP contribution in [0.25, 0.3) is 21.0 Å². The Labute approximate surface area is 256 Å². The fourth-order valence-corrected chi connectivity index (χ4v) is 8.06. The Morgan fingerprint density at radius 3 is 2.61 bits per heavy atom. The van der Waals surface area contributed by atoms with E-state index in [0.717, 1.165) is 4.57 Å². The van der Waals surface area contributed by atoms with Crippen molar-refractivity contribution in [2.45, 2.75) is 76.5 Å². The maximum atomic E-state index is 14.2. The minimum absolute atomic E-state index is 0.0618. The van der Waals surface area contributed by atoms with Crippen LogP contribution in [-0.2, 0) is 21.6 Å². The summed E-state index contributed by atoms with van der Waals surface area (Å²) in [6.45, 7) is 4.29. The molecule has 0 radical (unpaired) electrons. The number of carboxylic acid groups (broad SMARTS) is 1. The molecule has 234 valence electrons. The number of nitrogens with zero attached hydrogens (tertiary/aromatic N) is 3. The van der Waals surface area contributed by atoms with E-state index in [2.05, 4.69) is 4.98 Å². The number of rotatable bonds is 9. The number of aryl methyl sites for hydroxylation is 1. The van der Waals surface area contributed by atoms with Gasteiger partial charge in [0.05, 0.1) is 48.4 Å². The highest BCUT2D eigenvalue weighted by Gasteiger charge is 2.48. The highest BCUT2D eigenvalue weighted by Crippen LogP contribution is 2.47. The SMILES string of the molecule is COc1ccccc1C(Cn1c(=O)n(C(C)(C)C(=O)O)c(=O)c2c(C)c(-c3ncco3)sc21)O[C@H]1CC2CC(O)C(O)C2C1. The van der Waals surface area contributed by atoms with Gasteiger partial charge in [-0.3, -0.25) is 9.36 Å². The smallest absolute Gasteiger partial charge is 0.333 e. The van der Waals surface area contributed by atoms with Crippen LogP contribution in [-0.4, -0.2) is 60.8 Å². The number of aliphatic carboxylic acids is 1. The van der Waals surface area contributed by atoms with Gasteiger partial charge in [-0.05, 0) is 63.5 Å². The summed E-state index contributed by atoms with van der Waals surface area (Å²) >= 11 is 1.17. The lowest BCUT2D eigenvalue weighted by atomic mass is 9.99. The first-order valence-corrected chi connectivity index (χ1v) is 15.3. The molecule has 13 heteroatoms. The van der Waals surface area contributed by atoms with Gasteiger partial charge in [-0.15, -0.1) is 11.3 Å². The zero-order valence-electron chi connectivity index (χ0n) is 24.8. The molecule has 6 atom stereocenters. The quantitative estimate of drug-likeness (QED) is 0.251. The summed E-state index contributed by atoms with van der Waals surface area (Å²) in [6.07, 6.45) is 1.98. The summed E-state index contributed by atoms with van der Waals surface area (Å²) in [6, 6.07) is 7.29. The van der Waals surface area contributed by atoms with Crippen molar-refractivity contribution < 1.29 is 34.0 Å². The van der Waals surface area contributed by atoms with E-state index in [-0.39, 0.29) is 35.8 Å². The average Bonchev–Trinajstić information content (AvgIpc) is 3.77. The maximum absolute atomic E-state index is 14.2. The Bertz CT molecular complexity index is 1820. The van der Waals surface area contributed by atoms with E-state index in [0.29, 0.717) is 45.8 Å². The number of carboxylic acids is 1. The van der Waals surface area contributed by atoms with Gasteiger partial charge in [0, 0.05) is 5.56 Å². The Morgan fingerprint density at radius 1 is 1.20 bits per heavy atom.